The van der Waals surface area contributed by atoms with Crippen LogP contribution in [0.5, 0.6) is 0 Å². The summed E-state index contributed by atoms with van der Waals surface area (Å²) in [6, 6.07) is 18.6. The Morgan fingerprint density at radius 1 is 0.880 bits per heavy atom. The zero-order valence-corrected chi connectivity index (χ0v) is 13.4. The van der Waals surface area contributed by atoms with E-state index in [0.717, 1.165) is 28.5 Å². The van der Waals surface area contributed by atoms with Crippen molar-refractivity contribution in [1.82, 2.24) is 0 Å². The second-order valence-electron chi connectivity index (χ2n) is 5.91. The first-order valence-corrected chi connectivity index (χ1v) is 8.01. The normalized spacial score (nSPS) is 13.0. The summed E-state index contributed by atoms with van der Waals surface area (Å²) >= 11 is 0. The molecule has 25 heavy (non-hydrogen) atoms. The molecule has 0 radical (unpaired) electrons. The molecule has 0 aliphatic heterocycles. The molecule has 0 saturated carbocycles. The Labute approximate surface area is 143 Å². The highest BCUT2D eigenvalue weighted by molar-refractivity contribution is 5.83. The maximum absolute atomic E-state index is 12.5. The average molecular weight is 345 g/mol. The second kappa shape index (κ2) is 7.15. The van der Waals surface area contributed by atoms with E-state index in [9.17, 15) is 18.3 Å². The van der Waals surface area contributed by atoms with Crippen LogP contribution in [0.15, 0.2) is 66.7 Å². The highest BCUT2D eigenvalue weighted by Crippen LogP contribution is 2.30. The molecule has 2 nitrogen and oxygen atoms in total. The molecule has 3 aromatic carbocycles. The van der Waals surface area contributed by atoms with Crippen LogP contribution in [0.2, 0.25) is 0 Å². The predicted octanol–water partition coefficient (Wildman–Crippen LogP) is 5.39. The summed E-state index contributed by atoms with van der Waals surface area (Å²) in [7, 11) is 0. The number of halogens is 3. The van der Waals surface area contributed by atoms with Crippen LogP contribution in [0.25, 0.3) is 10.8 Å². The molecule has 0 unspecified atom stereocenters. The molecule has 0 saturated heterocycles. The van der Waals surface area contributed by atoms with E-state index in [1.54, 1.807) is 0 Å². The summed E-state index contributed by atoms with van der Waals surface area (Å²) in [6.07, 6.45) is -4.50. The summed E-state index contributed by atoms with van der Waals surface area (Å²) in [4.78, 5) is 0. The topological polar surface area (TPSA) is 32.3 Å². The fourth-order valence-corrected chi connectivity index (χ4v) is 2.71. The van der Waals surface area contributed by atoms with Crippen molar-refractivity contribution in [1.29, 1.82) is 0 Å². The standard InChI is InChI=1S/C20H18F3NO/c21-20(22,23)17-7-9-18(10-8-17)24-12-11-19(25)16-6-5-14-3-1-2-4-15(14)13-16/h1-10,13,19,24-25H,11-12H2/t19-/m0/s1. The van der Waals surface area contributed by atoms with Crippen LogP contribution < -0.4 is 5.32 Å². The number of nitrogens with one attached hydrogen (secondary N) is 1. The molecule has 0 bridgehead atoms. The average Bonchev–Trinajstić information content (AvgIpc) is 2.61. The summed E-state index contributed by atoms with van der Waals surface area (Å²) in [5, 5.41) is 15.5. The molecule has 0 aliphatic rings. The SMILES string of the molecule is O[C@@H](CCNc1ccc(C(F)(F)F)cc1)c1ccc2ccccc2c1. The molecule has 130 valence electrons. The number of aliphatic hydroxyl groups is 1. The summed E-state index contributed by atoms with van der Waals surface area (Å²) in [5.74, 6) is 0. The summed E-state index contributed by atoms with van der Waals surface area (Å²) in [5.41, 5.74) is 0.751. The molecule has 0 heterocycles. The maximum atomic E-state index is 12.5. The Kier molecular flexibility index (Phi) is 4.95. The fourth-order valence-electron chi connectivity index (χ4n) is 2.71. The van der Waals surface area contributed by atoms with E-state index < -0.39 is 17.8 Å². The van der Waals surface area contributed by atoms with Gasteiger partial charge in [0.25, 0.3) is 0 Å². The van der Waals surface area contributed by atoms with E-state index in [4.69, 9.17) is 0 Å². The van der Waals surface area contributed by atoms with Gasteiger partial charge in [0.05, 0.1) is 11.7 Å². The molecule has 5 heteroatoms. The maximum Gasteiger partial charge on any atom is 0.416 e. The summed E-state index contributed by atoms with van der Waals surface area (Å²) in [6.45, 7) is 0.458. The van der Waals surface area contributed by atoms with Crippen molar-refractivity contribution < 1.29 is 18.3 Å². The number of aliphatic hydroxyl groups excluding tert-OH is 1. The van der Waals surface area contributed by atoms with Crippen LogP contribution >= 0.6 is 0 Å². The molecular formula is C20H18F3NO. The van der Waals surface area contributed by atoms with Crippen molar-refractivity contribution in [2.24, 2.45) is 0 Å². The molecule has 0 spiro atoms. The smallest absolute Gasteiger partial charge is 0.388 e. The quantitative estimate of drug-likeness (QED) is 0.649. The number of benzene rings is 3. The zero-order chi connectivity index (χ0) is 17.9. The van der Waals surface area contributed by atoms with Crippen LogP contribution in [-0.2, 0) is 6.18 Å². The molecule has 3 aromatic rings. The molecule has 2 N–H and O–H groups in total. The zero-order valence-electron chi connectivity index (χ0n) is 13.4. The lowest BCUT2D eigenvalue weighted by Gasteiger charge is -2.14. The van der Waals surface area contributed by atoms with E-state index in [-0.39, 0.29) is 0 Å². The Morgan fingerprint density at radius 3 is 2.24 bits per heavy atom. The van der Waals surface area contributed by atoms with Crippen molar-refractivity contribution in [3.05, 3.63) is 77.9 Å². The Balaban J connectivity index is 1.57. The largest absolute Gasteiger partial charge is 0.416 e. The van der Waals surface area contributed by atoms with Crippen molar-refractivity contribution in [2.45, 2.75) is 18.7 Å². The minimum atomic E-state index is -4.33. The van der Waals surface area contributed by atoms with Gasteiger partial charge in [0, 0.05) is 12.2 Å². The molecule has 0 aromatic heterocycles. The Bertz CT molecular complexity index is 843. The molecule has 1 atom stereocenters. The third-order valence-corrected chi connectivity index (χ3v) is 4.12. The highest BCUT2D eigenvalue weighted by atomic mass is 19.4. The summed E-state index contributed by atoms with van der Waals surface area (Å²) < 4.78 is 37.6. The monoisotopic (exact) mass is 345 g/mol. The van der Waals surface area contributed by atoms with E-state index in [0.29, 0.717) is 18.7 Å². The Hall–Kier alpha value is -2.53. The van der Waals surface area contributed by atoms with E-state index in [2.05, 4.69) is 5.32 Å². The first-order chi connectivity index (χ1) is 11.9. The van der Waals surface area contributed by atoms with Crippen LogP contribution in [0, 0.1) is 0 Å². The van der Waals surface area contributed by atoms with Gasteiger partial charge < -0.3 is 10.4 Å². The molecule has 3 rings (SSSR count). The van der Waals surface area contributed by atoms with Crippen LogP contribution in [0.3, 0.4) is 0 Å². The minimum absolute atomic E-state index is 0.458. The number of fused-ring (bicyclic) bond motifs is 1. The van der Waals surface area contributed by atoms with Crippen LogP contribution in [0.1, 0.15) is 23.7 Å². The lowest BCUT2D eigenvalue weighted by atomic mass is 10.0. The van der Waals surface area contributed by atoms with E-state index >= 15 is 0 Å². The van der Waals surface area contributed by atoms with Gasteiger partial charge in [0.1, 0.15) is 0 Å². The van der Waals surface area contributed by atoms with Crippen LogP contribution in [-0.4, -0.2) is 11.7 Å². The third kappa shape index (κ3) is 4.31. The van der Waals surface area contributed by atoms with Gasteiger partial charge >= 0.3 is 6.18 Å². The van der Waals surface area contributed by atoms with Gasteiger partial charge in [0.2, 0.25) is 0 Å². The number of anilines is 1. The number of rotatable bonds is 5. The van der Waals surface area contributed by atoms with Gasteiger partial charge in [-0.3, -0.25) is 0 Å². The predicted molar refractivity (Wildman–Crippen MR) is 93.5 cm³/mol. The van der Waals surface area contributed by atoms with Gasteiger partial charge in [-0.2, -0.15) is 13.2 Å². The lowest BCUT2D eigenvalue weighted by molar-refractivity contribution is -0.137. The van der Waals surface area contributed by atoms with Gasteiger partial charge in [-0.25, -0.2) is 0 Å². The van der Waals surface area contributed by atoms with Crippen molar-refractivity contribution in [3.63, 3.8) is 0 Å². The van der Waals surface area contributed by atoms with Crippen molar-refractivity contribution in [3.8, 4) is 0 Å². The number of hydrogen-bond acceptors (Lipinski definition) is 2. The Morgan fingerprint density at radius 2 is 1.56 bits per heavy atom. The van der Waals surface area contributed by atoms with Crippen molar-refractivity contribution in [2.75, 3.05) is 11.9 Å². The lowest BCUT2D eigenvalue weighted by Crippen LogP contribution is -2.08. The van der Waals surface area contributed by atoms with Gasteiger partial charge in [-0.05, 0) is 53.1 Å². The molecule has 0 aliphatic carbocycles. The number of alkyl halides is 3. The minimum Gasteiger partial charge on any atom is -0.388 e. The van der Waals surface area contributed by atoms with Crippen molar-refractivity contribution >= 4 is 16.5 Å². The first kappa shape index (κ1) is 17.3. The molecule has 0 fully saturated rings. The third-order valence-electron chi connectivity index (χ3n) is 4.12. The van der Waals surface area contributed by atoms with Gasteiger partial charge in [-0.15, -0.1) is 0 Å². The first-order valence-electron chi connectivity index (χ1n) is 8.01. The van der Waals surface area contributed by atoms with E-state index in [1.165, 1.54) is 12.1 Å². The number of hydrogen-bond donors (Lipinski definition) is 2. The molecule has 0 amide bonds. The second-order valence-corrected chi connectivity index (χ2v) is 5.91. The fraction of sp³-hybridized carbons (Fsp3) is 0.200. The van der Waals surface area contributed by atoms with Gasteiger partial charge in [-0.1, -0.05) is 36.4 Å². The van der Waals surface area contributed by atoms with Gasteiger partial charge in [0.15, 0.2) is 0 Å². The van der Waals surface area contributed by atoms with E-state index in [1.807, 2.05) is 42.5 Å². The molecular weight excluding hydrogens is 327 g/mol. The van der Waals surface area contributed by atoms with Crippen LogP contribution in [0.4, 0.5) is 18.9 Å². The highest BCUT2D eigenvalue weighted by Gasteiger charge is 2.29.